The number of hydrogen-bond donors (Lipinski definition) is 0. The van der Waals surface area contributed by atoms with E-state index in [1.165, 1.54) is 5.56 Å². The summed E-state index contributed by atoms with van der Waals surface area (Å²) in [5.41, 5.74) is 1.73. The van der Waals surface area contributed by atoms with Crippen LogP contribution in [0.4, 0.5) is 0 Å². The lowest BCUT2D eigenvalue weighted by Crippen LogP contribution is -2.00. The Morgan fingerprint density at radius 2 is 1.70 bits per heavy atom. The van der Waals surface area contributed by atoms with E-state index in [1.807, 2.05) is 49.4 Å². The third kappa shape index (κ3) is 2.48. The number of aryl methyl sites for hydroxylation is 1. The molecule has 0 fully saturated rings. The molecule has 3 aromatic rings. The van der Waals surface area contributed by atoms with Gasteiger partial charge in [-0.3, -0.25) is 0 Å². The molecule has 2 heteroatoms. The van der Waals surface area contributed by atoms with Crippen molar-refractivity contribution in [2.75, 3.05) is 0 Å². The van der Waals surface area contributed by atoms with Gasteiger partial charge in [-0.1, -0.05) is 41.8 Å². The summed E-state index contributed by atoms with van der Waals surface area (Å²) in [4.78, 5) is 11.8. The van der Waals surface area contributed by atoms with Gasteiger partial charge in [0.1, 0.15) is 0 Å². The van der Waals surface area contributed by atoms with Crippen molar-refractivity contribution in [2.24, 2.45) is 0 Å². The van der Waals surface area contributed by atoms with Crippen LogP contribution in [0, 0.1) is 18.8 Å². The quantitative estimate of drug-likeness (QED) is 0.579. The standard InChI is InChI=1S/C18H12O2/c1-13-6-8-14(9-7-13)10-11-16-12-15-4-2-3-5-17(15)18(19)20-16/h2-9,12H,1H3. The van der Waals surface area contributed by atoms with Gasteiger partial charge in [-0.05, 0) is 42.5 Å². The first-order chi connectivity index (χ1) is 9.72. The first kappa shape index (κ1) is 12.3. The molecule has 20 heavy (non-hydrogen) atoms. The van der Waals surface area contributed by atoms with Crippen LogP contribution in [-0.4, -0.2) is 0 Å². The second kappa shape index (κ2) is 5.07. The van der Waals surface area contributed by atoms with Crippen LogP contribution in [0.15, 0.2) is 63.8 Å². The van der Waals surface area contributed by atoms with Gasteiger partial charge in [0.15, 0.2) is 5.76 Å². The Hall–Kier alpha value is -2.79. The summed E-state index contributed by atoms with van der Waals surface area (Å²) in [5, 5.41) is 1.42. The molecular formula is C18H12O2. The van der Waals surface area contributed by atoms with Crippen molar-refractivity contribution in [2.45, 2.75) is 6.92 Å². The van der Waals surface area contributed by atoms with Crippen molar-refractivity contribution in [3.63, 3.8) is 0 Å². The normalized spacial score (nSPS) is 10.1. The third-order valence-electron chi connectivity index (χ3n) is 3.05. The molecule has 2 aromatic carbocycles. The Balaban J connectivity index is 2.04. The Kier molecular flexibility index (Phi) is 3.10. The maximum atomic E-state index is 11.8. The van der Waals surface area contributed by atoms with Crippen molar-refractivity contribution in [1.29, 1.82) is 0 Å². The fourth-order valence-electron chi connectivity index (χ4n) is 1.97. The molecule has 3 rings (SSSR count). The van der Waals surface area contributed by atoms with Crippen LogP contribution in [-0.2, 0) is 0 Å². The van der Waals surface area contributed by atoms with E-state index in [-0.39, 0.29) is 5.63 Å². The van der Waals surface area contributed by atoms with Crippen molar-refractivity contribution in [1.82, 2.24) is 0 Å². The Bertz CT molecular complexity index is 875. The van der Waals surface area contributed by atoms with E-state index in [0.717, 1.165) is 10.9 Å². The minimum absolute atomic E-state index is 0.351. The molecule has 0 saturated carbocycles. The predicted octanol–water partition coefficient (Wildman–Crippen LogP) is 3.50. The van der Waals surface area contributed by atoms with Gasteiger partial charge >= 0.3 is 5.63 Å². The minimum atomic E-state index is -0.351. The van der Waals surface area contributed by atoms with Gasteiger partial charge in [0.2, 0.25) is 0 Å². The molecule has 0 unspecified atom stereocenters. The van der Waals surface area contributed by atoms with Gasteiger partial charge in [-0.2, -0.15) is 0 Å². The van der Waals surface area contributed by atoms with Crippen LogP contribution in [0.2, 0.25) is 0 Å². The van der Waals surface area contributed by atoms with Crippen LogP contribution in [0.25, 0.3) is 10.8 Å². The zero-order valence-corrected chi connectivity index (χ0v) is 11.0. The van der Waals surface area contributed by atoms with E-state index in [2.05, 4.69) is 11.8 Å². The molecule has 0 saturated heterocycles. The van der Waals surface area contributed by atoms with Gasteiger partial charge in [-0.25, -0.2) is 4.79 Å². The molecule has 96 valence electrons. The van der Waals surface area contributed by atoms with Crippen molar-refractivity contribution in [3.8, 4) is 11.8 Å². The molecule has 0 atom stereocenters. The van der Waals surface area contributed by atoms with Crippen LogP contribution in [0.1, 0.15) is 16.9 Å². The van der Waals surface area contributed by atoms with Gasteiger partial charge in [-0.15, -0.1) is 0 Å². The van der Waals surface area contributed by atoms with Crippen molar-refractivity contribution < 1.29 is 4.42 Å². The van der Waals surface area contributed by atoms with Crippen molar-refractivity contribution in [3.05, 3.63) is 81.9 Å². The average Bonchev–Trinajstić information content (AvgIpc) is 2.47. The van der Waals surface area contributed by atoms with Crippen LogP contribution >= 0.6 is 0 Å². The molecule has 0 aliphatic carbocycles. The van der Waals surface area contributed by atoms with Crippen LogP contribution in [0.3, 0.4) is 0 Å². The highest BCUT2D eigenvalue weighted by molar-refractivity contribution is 5.81. The van der Waals surface area contributed by atoms with Gasteiger partial charge in [0.05, 0.1) is 5.39 Å². The van der Waals surface area contributed by atoms with Gasteiger partial charge < -0.3 is 4.42 Å². The monoisotopic (exact) mass is 260 g/mol. The van der Waals surface area contributed by atoms with E-state index in [0.29, 0.717) is 11.1 Å². The highest BCUT2D eigenvalue weighted by atomic mass is 16.4. The largest absolute Gasteiger partial charge is 0.414 e. The van der Waals surface area contributed by atoms with Crippen LogP contribution < -0.4 is 5.63 Å². The first-order valence-electron chi connectivity index (χ1n) is 6.34. The minimum Gasteiger partial charge on any atom is -0.414 e. The summed E-state index contributed by atoms with van der Waals surface area (Å²) in [5.74, 6) is 6.28. The summed E-state index contributed by atoms with van der Waals surface area (Å²) < 4.78 is 5.21. The lowest BCUT2D eigenvalue weighted by molar-refractivity contribution is 0.507. The Morgan fingerprint density at radius 1 is 0.950 bits per heavy atom. The fourth-order valence-corrected chi connectivity index (χ4v) is 1.97. The maximum absolute atomic E-state index is 11.8. The highest BCUT2D eigenvalue weighted by Gasteiger charge is 2.01. The maximum Gasteiger partial charge on any atom is 0.344 e. The third-order valence-corrected chi connectivity index (χ3v) is 3.05. The molecule has 0 aliphatic rings. The SMILES string of the molecule is Cc1ccc(C#Cc2cc3ccccc3c(=O)o2)cc1. The number of hydrogen-bond acceptors (Lipinski definition) is 2. The lowest BCUT2D eigenvalue weighted by atomic mass is 10.1. The number of benzene rings is 2. The topological polar surface area (TPSA) is 30.2 Å². The molecule has 1 aromatic heterocycles. The summed E-state index contributed by atoms with van der Waals surface area (Å²) in [6.45, 7) is 2.03. The zero-order chi connectivity index (χ0) is 13.9. The lowest BCUT2D eigenvalue weighted by Gasteiger charge is -1.96. The van der Waals surface area contributed by atoms with E-state index in [1.54, 1.807) is 12.1 Å². The van der Waals surface area contributed by atoms with E-state index in [9.17, 15) is 4.79 Å². The number of rotatable bonds is 0. The summed E-state index contributed by atoms with van der Waals surface area (Å²) in [6.07, 6.45) is 0. The second-order valence-corrected chi connectivity index (χ2v) is 4.60. The van der Waals surface area contributed by atoms with Gasteiger partial charge in [0, 0.05) is 5.56 Å². The number of fused-ring (bicyclic) bond motifs is 1. The predicted molar refractivity (Wildman–Crippen MR) is 79.6 cm³/mol. The molecule has 0 radical (unpaired) electrons. The molecule has 0 bridgehead atoms. The zero-order valence-electron chi connectivity index (χ0n) is 11.0. The molecule has 1 heterocycles. The summed E-state index contributed by atoms with van der Waals surface area (Å²) in [6, 6.07) is 17.0. The Morgan fingerprint density at radius 3 is 2.50 bits per heavy atom. The average molecular weight is 260 g/mol. The van der Waals surface area contributed by atoms with E-state index < -0.39 is 0 Å². The molecular weight excluding hydrogens is 248 g/mol. The smallest absolute Gasteiger partial charge is 0.344 e. The van der Waals surface area contributed by atoms with Crippen LogP contribution in [0.5, 0.6) is 0 Å². The second-order valence-electron chi connectivity index (χ2n) is 4.60. The summed E-state index contributed by atoms with van der Waals surface area (Å²) >= 11 is 0. The van der Waals surface area contributed by atoms with E-state index >= 15 is 0 Å². The van der Waals surface area contributed by atoms with E-state index in [4.69, 9.17) is 4.42 Å². The fraction of sp³-hybridized carbons (Fsp3) is 0.0556. The Labute approximate surface area is 116 Å². The molecule has 0 spiro atoms. The van der Waals surface area contributed by atoms with Gasteiger partial charge in [0.25, 0.3) is 0 Å². The molecule has 0 aliphatic heterocycles. The highest BCUT2D eigenvalue weighted by Crippen LogP contribution is 2.11. The summed E-state index contributed by atoms with van der Waals surface area (Å²) in [7, 11) is 0. The molecule has 0 amide bonds. The molecule has 2 nitrogen and oxygen atoms in total. The van der Waals surface area contributed by atoms with Crippen molar-refractivity contribution >= 4 is 10.8 Å². The molecule has 0 N–H and O–H groups in total. The first-order valence-corrected chi connectivity index (χ1v) is 6.34.